The summed E-state index contributed by atoms with van der Waals surface area (Å²) in [7, 11) is 0. The Morgan fingerprint density at radius 3 is 2.67 bits per heavy atom. The number of hydrogen-bond acceptors (Lipinski definition) is 9. The van der Waals surface area contributed by atoms with E-state index in [-0.39, 0.29) is 12.5 Å². The van der Waals surface area contributed by atoms with Gasteiger partial charge in [0, 0.05) is 19.0 Å². The predicted octanol–water partition coefficient (Wildman–Crippen LogP) is 4.11. The average Bonchev–Trinajstić information content (AvgIpc) is 3.25. The first-order chi connectivity index (χ1) is 15.9. The number of carbonyl (C=O) groups excluding carboxylic acids is 1. The molecule has 0 saturated carbocycles. The molecule has 0 aliphatic rings. The third kappa shape index (κ3) is 7.95. The summed E-state index contributed by atoms with van der Waals surface area (Å²) in [4.78, 5) is 26.1. The van der Waals surface area contributed by atoms with E-state index in [2.05, 4.69) is 44.1 Å². The van der Waals surface area contributed by atoms with Crippen LogP contribution >= 0.6 is 22.9 Å². The summed E-state index contributed by atoms with van der Waals surface area (Å²) in [5.74, 6) is 1.45. The third-order valence-electron chi connectivity index (χ3n) is 3.90. The highest BCUT2D eigenvalue weighted by atomic mass is 35.5. The van der Waals surface area contributed by atoms with Gasteiger partial charge in [-0.3, -0.25) is 4.79 Å². The fraction of sp³-hybridized carbons (Fsp3) is 0.182. The van der Waals surface area contributed by atoms with Crippen molar-refractivity contribution in [3.8, 4) is 0 Å². The maximum absolute atomic E-state index is 12.6. The van der Waals surface area contributed by atoms with Gasteiger partial charge in [0.15, 0.2) is 5.13 Å². The highest BCUT2D eigenvalue weighted by molar-refractivity contribution is 7.17. The molecule has 3 rings (SSSR count). The number of nitrogens with two attached hydrogens (primary N) is 1. The van der Waals surface area contributed by atoms with Crippen LogP contribution in [0.2, 0.25) is 5.02 Å². The molecule has 2 aromatic heterocycles. The number of benzene rings is 1. The number of anilines is 4. The Morgan fingerprint density at radius 2 is 2.03 bits per heavy atom. The van der Waals surface area contributed by atoms with E-state index < -0.39 is 0 Å². The second-order valence-corrected chi connectivity index (χ2v) is 7.89. The van der Waals surface area contributed by atoms with Gasteiger partial charge in [0.05, 0.1) is 23.5 Å². The van der Waals surface area contributed by atoms with Gasteiger partial charge in [-0.25, -0.2) is 15.0 Å². The zero-order chi connectivity index (χ0) is 24.2. The van der Waals surface area contributed by atoms with Crippen molar-refractivity contribution in [1.82, 2.24) is 15.0 Å². The van der Waals surface area contributed by atoms with Crippen LogP contribution in [0.4, 0.5) is 22.5 Å². The van der Waals surface area contributed by atoms with Crippen molar-refractivity contribution in [3.63, 3.8) is 0 Å². The van der Waals surface area contributed by atoms with Crippen LogP contribution in [0, 0.1) is 6.92 Å². The first-order valence-electron chi connectivity index (χ1n) is 9.88. The maximum Gasteiger partial charge on any atom is 0.267 e. The predicted molar refractivity (Wildman–Crippen MR) is 135 cm³/mol. The number of amides is 1. The van der Waals surface area contributed by atoms with Crippen LogP contribution in [0.15, 0.2) is 55.9 Å². The van der Waals surface area contributed by atoms with Crippen molar-refractivity contribution in [2.45, 2.75) is 13.3 Å². The minimum atomic E-state index is -0.282. The monoisotopic (exact) mass is 487 g/mol. The van der Waals surface area contributed by atoms with Crippen LogP contribution in [0.25, 0.3) is 0 Å². The van der Waals surface area contributed by atoms with Gasteiger partial charge in [-0.1, -0.05) is 47.7 Å². The first-order valence-corrected chi connectivity index (χ1v) is 11.1. The molecule has 11 heteroatoms. The molecule has 0 bridgehead atoms. The Bertz CT molecular complexity index is 1050. The standard InChI is InChI=1S/C20H19ClN6OS.C2H7NO/c1-4-7-15-24-16(22-5-2)10-17(25-15)26-20-23-11-14(29-20)19(28)27-18-12(3)8-6-9-13(18)21;3-1-2-4/h4-6,8-11H,1-2,7H2,3H3,(H,27,28)(H2,22,23,24,25,26);4H,1-3H2. The van der Waals surface area contributed by atoms with Crippen molar-refractivity contribution in [2.24, 2.45) is 5.73 Å². The highest BCUT2D eigenvalue weighted by Crippen LogP contribution is 2.28. The minimum Gasteiger partial charge on any atom is -0.395 e. The Labute approximate surface area is 201 Å². The summed E-state index contributed by atoms with van der Waals surface area (Å²) >= 11 is 7.39. The van der Waals surface area contributed by atoms with E-state index >= 15 is 0 Å². The molecule has 1 aromatic carbocycles. The smallest absolute Gasteiger partial charge is 0.267 e. The van der Waals surface area contributed by atoms with E-state index in [0.29, 0.717) is 51.1 Å². The Balaban J connectivity index is 0.000000890. The first kappa shape index (κ1) is 25.9. The Kier molecular flexibility index (Phi) is 10.4. The molecule has 0 fully saturated rings. The summed E-state index contributed by atoms with van der Waals surface area (Å²) < 4.78 is 0. The second kappa shape index (κ2) is 13.3. The molecule has 1 amide bonds. The minimum absolute atomic E-state index is 0.0972. The molecule has 0 aliphatic heterocycles. The SMILES string of the molecule is C=CCc1nc(NC=C)cc(Nc2ncc(C(=O)Nc3c(C)cccc3Cl)s2)n1.NCCO. The van der Waals surface area contributed by atoms with Gasteiger partial charge in [-0.2, -0.15) is 0 Å². The van der Waals surface area contributed by atoms with Crippen LogP contribution in [0.1, 0.15) is 21.1 Å². The average molecular weight is 488 g/mol. The maximum atomic E-state index is 12.6. The topological polar surface area (TPSA) is 138 Å². The van der Waals surface area contributed by atoms with E-state index in [9.17, 15) is 4.79 Å². The van der Waals surface area contributed by atoms with Crippen LogP contribution in [0.3, 0.4) is 0 Å². The van der Waals surface area contributed by atoms with E-state index in [4.69, 9.17) is 22.4 Å². The molecule has 3 aromatic rings. The van der Waals surface area contributed by atoms with Gasteiger partial charge < -0.3 is 26.8 Å². The lowest BCUT2D eigenvalue weighted by Crippen LogP contribution is -2.11. The molecular formula is C22H26ClN7O2S. The number of para-hydroxylation sites is 1. The summed E-state index contributed by atoms with van der Waals surface area (Å²) in [6, 6.07) is 7.17. The number of aliphatic hydroxyl groups excluding tert-OH is 1. The highest BCUT2D eigenvalue weighted by Gasteiger charge is 2.14. The van der Waals surface area contributed by atoms with Gasteiger partial charge in [0.2, 0.25) is 0 Å². The van der Waals surface area contributed by atoms with Gasteiger partial charge in [-0.15, -0.1) is 6.58 Å². The number of aromatic nitrogens is 3. The lowest BCUT2D eigenvalue weighted by Gasteiger charge is -2.09. The summed E-state index contributed by atoms with van der Waals surface area (Å²) in [5.41, 5.74) is 6.25. The lowest BCUT2D eigenvalue weighted by molar-refractivity contribution is 0.103. The molecule has 0 spiro atoms. The van der Waals surface area contributed by atoms with Crippen LogP contribution in [-0.2, 0) is 6.42 Å². The Hall–Kier alpha value is -3.31. The molecule has 0 atom stereocenters. The molecule has 9 nitrogen and oxygen atoms in total. The number of carbonyl (C=O) groups is 1. The Morgan fingerprint density at radius 1 is 1.30 bits per heavy atom. The summed E-state index contributed by atoms with van der Waals surface area (Å²) in [6.45, 7) is 9.70. The lowest BCUT2D eigenvalue weighted by atomic mass is 10.2. The molecule has 6 N–H and O–H groups in total. The van der Waals surface area contributed by atoms with E-state index in [1.165, 1.54) is 23.7 Å². The summed E-state index contributed by atoms with van der Waals surface area (Å²) in [6.07, 6.45) is 5.28. The second-order valence-electron chi connectivity index (χ2n) is 6.45. The number of allylic oxidation sites excluding steroid dienone is 1. The molecule has 33 heavy (non-hydrogen) atoms. The van der Waals surface area contributed by atoms with Crippen LogP contribution < -0.4 is 21.7 Å². The zero-order valence-corrected chi connectivity index (χ0v) is 19.7. The molecule has 174 valence electrons. The van der Waals surface area contributed by atoms with Gasteiger partial charge >= 0.3 is 0 Å². The number of thiazole rings is 1. The zero-order valence-electron chi connectivity index (χ0n) is 18.1. The number of hydrogen-bond donors (Lipinski definition) is 5. The largest absolute Gasteiger partial charge is 0.395 e. The van der Waals surface area contributed by atoms with E-state index in [1.54, 1.807) is 18.2 Å². The van der Waals surface area contributed by atoms with Crippen molar-refractivity contribution in [3.05, 3.63) is 77.2 Å². The number of nitrogens with zero attached hydrogens (tertiary/aromatic N) is 3. The molecular weight excluding hydrogens is 462 g/mol. The molecule has 2 heterocycles. The summed E-state index contributed by atoms with van der Waals surface area (Å²) in [5, 5.41) is 17.6. The van der Waals surface area contributed by atoms with Crippen LogP contribution in [0.5, 0.6) is 0 Å². The number of halogens is 1. The van der Waals surface area contributed by atoms with Gasteiger partial charge in [0.25, 0.3) is 5.91 Å². The van der Waals surface area contributed by atoms with Crippen molar-refractivity contribution < 1.29 is 9.90 Å². The number of nitrogens with one attached hydrogen (secondary N) is 3. The number of aryl methyl sites for hydroxylation is 1. The number of rotatable bonds is 9. The molecule has 0 radical (unpaired) electrons. The quantitative estimate of drug-likeness (QED) is 0.284. The van der Waals surface area contributed by atoms with Gasteiger partial charge in [0.1, 0.15) is 22.3 Å². The van der Waals surface area contributed by atoms with Gasteiger partial charge in [-0.05, 0) is 24.8 Å². The third-order valence-corrected chi connectivity index (χ3v) is 5.13. The van der Waals surface area contributed by atoms with Crippen molar-refractivity contribution >= 4 is 51.3 Å². The molecule has 0 saturated heterocycles. The van der Waals surface area contributed by atoms with Crippen molar-refractivity contribution in [1.29, 1.82) is 0 Å². The fourth-order valence-corrected chi connectivity index (χ4v) is 3.46. The molecule has 0 unspecified atom stereocenters. The number of aliphatic hydroxyl groups is 1. The van der Waals surface area contributed by atoms with Crippen molar-refractivity contribution in [2.75, 3.05) is 29.1 Å². The molecule has 0 aliphatic carbocycles. The normalized spacial score (nSPS) is 9.94. The van der Waals surface area contributed by atoms with E-state index in [1.807, 2.05) is 19.1 Å². The van der Waals surface area contributed by atoms with Crippen LogP contribution in [-0.4, -0.2) is 39.1 Å². The van der Waals surface area contributed by atoms with E-state index in [0.717, 1.165) is 5.56 Å². The fourth-order valence-electron chi connectivity index (χ4n) is 2.47.